The van der Waals surface area contributed by atoms with Crippen LogP contribution in [0.5, 0.6) is 0 Å². The van der Waals surface area contributed by atoms with E-state index in [1.54, 1.807) is 6.20 Å². The van der Waals surface area contributed by atoms with Gasteiger partial charge in [0.05, 0.1) is 26.1 Å². The maximum atomic E-state index is 5.85. The molecule has 0 saturated heterocycles. The summed E-state index contributed by atoms with van der Waals surface area (Å²) in [6, 6.07) is 18.8. The van der Waals surface area contributed by atoms with Crippen molar-refractivity contribution in [2.24, 2.45) is 10.9 Å². The van der Waals surface area contributed by atoms with Crippen molar-refractivity contribution < 1.29 is 4.74 Å². The summed E-state index contributed by atoms with van der Waals surface area (Å²) in [5.74, 6) is 1.22. The maximum Gasteiger partial charge on any atom is 0.191 e. The normalized spacial score (nSPS) is 12.1. The van der Waals surface area contributed by atoms with Gasteiger partial charge in [-0.25, -0.2) is 9.98 Å². The van der Waals surface area contributed by atoms with Crippen LogP contribution in [0.25, 0.3) is 0 Å². The van der Waals surface area contributed by atoms with Gasteiger partial charge in [-0.05, 0) is 29.5 Å². The van der Waals surface area contributed by atoms with Crippen molar-refractivity contribution in [2.45, 2.75) is 33.5 Å². The van der Waals surface area contributed by atoms with Gasteiger partial charge in [-0.2, -0.15) is 0 Å². The number of halogens is 1. The van der Waals surface area contributed by atoms with E-state index in [2.05, 4.69) is 70.4 Å². The largest absolute Gasteiger partial charge is 0.376 e. The summed E-state index contributed by atoms with van der Waals surface area (Å²) in [5, 5.41) is 6.75. The predicted octanol–water partition coefficient (Wildman–Crippen LogP) is 4.46. The fourth-order valence-electron chi connectivity index (χ4n) is 3.14. The zero-order chi connectivity index (χ0) is 21.7. The van der Waals surface area contributed by atoms with Gasteiger partial charge in [0.15, 0.2) is 5.96 Å². The van der Waals surface area contributed by atoms with Crippen LogP contribution in [0.15, 0.2) is 78.3 Å². The Morgan fingerprint density at radius 3 is 2.47 bits per heavy atom. The Morgan fingerprint density at radius 2 is 1.78 bits per heavy atom. The monoisotopic (exact) mass is 547 g/mol. The fraction of sp³-hybridized carbons (Fsp3) is 0.360. The molecule has 2 aromatic carbocycles. The molecule has 1 aromatic heterocycles. The second-order valence-electron chi connectivity index (χ2n) is 7.73. The van der Waals surface area contributed by atoms with E-state index in [0.717, 1.165) is 25.6 Å². The molecule has 1 atom stereocenters. The molecule has 0 aliphatic rings. The van der Waals surface area contributed by atoms with Gasteiger partial charge in [0, 0.05) is 32.0 Å². The van der Waals surface area contributed by atoms with Crippen LogP contribution < -0.4 is 10.6 Å². The molecule has 0 aliphatic carbocycles. The van der Waals surface area contributed by atoms with Crippen molar-refractivity contribution in [3.8, 4) is 0 Å². The number of imidazole rings is 1. The lowest BCUT2D eigenvalue weighted by molar-refractivity contribution is 0.0931. The molecule has 7 heteroatoms. The van der Waals surface area contributed by atoms with Gasteiger partial charge in [-0.15, -0.1) is 24.0 Å². The lowest BCUT2D eigenvalue weighted by atomic mass is 10.1. The lowest BCUT2D eigenvalue weighted by Gasteiger charge is -2.16. The van der Waals surface area contributed by atoms with Crippen molar-refractivity contribution in [2.75, 3.05) is 19.7 Å². The third kappa shape index (κ3) is 9.40. The zero-order valence-electron chi connectivity index (χ0n) is 18.9. The summed E-state index contributed by atoms with van der Waals surface area (Å²) in [4.78, 5) is 8.81. The Balaban J connectivity index is 0.00000363. The summed E-state index contributed by atoms with van der Waals surface area (Å²) in [6.45, 7) is 8.72. The first-order valence-electron chi connectivity index (χ1n) is 10.9. The summed E-state index contributed by atoms with van der Waals surface area (Å²) in [6.07, 6.45) is 5.61. The highest BCUT2D eigenvalue weighted by atomic mass is 127. The molecular formula is C25H34IN5O. The summed E-state index contributed by atoms with van der Waals surface area (Å²) >= 11 is 0. The second-order valence-corrected chi connectivity index (χ2v) is 7.73. The number of aliphatic imine (C=N–C) groups is 1. The van der Waals surface area contributed by atoms with Gasteiger partial charge < -0.3 is 19.9 Å². The molecule has 0 radical (unpaired) electrons. The summed E-state index contributed by atoms with van der Waals surface area (Å²) < 4.78 is 7.91. The molecule has 3 rings (SSSR count). The molecule has 0 fully saturated rings. The van der Waals surface area contributed by atoms with Gasteiger partial charge in [-0.3, -0.25) is 0 Å². The van der Waals surface area contributed by atoms with Crippen LogP contribution in [0.4, 0.5) is 0 Å². The van der Waals surface area contributed by atoms with E-state index in [1.165, 1.54) is 16.7 Å². The molecule has 1 unspecified atom stereocenters. The molecule has 0 aliphatic heterocycles. The number of hydrogen-bond acceptors (Lipinski definition) is 3. The Hall–Kier alpha value is -2.39. The molecule has 2 N–H and O–H groups in total. The van der Waals surface area contributed by atoms with Gasteiger partial charge in [0.25, 0.3) is 0 Å². The second kappa shape index (κ2) is 14.6. The van der Waals surface area contributed by atoms with Crippen LogP contribution in [0, 0.1) is 5.92 Å². The third-order valence-corrected chi connectivity index (χ3v) is 4.84. The highest BCUT2D eigenvalue weighted by Crippen LogP contribution is 2.08. The molecule has 3 aromatic rings. The van der Waals surface area contributed by atoms with E-state index in [1.807, 2.05) is 30.7 Å². The molecular weight excluding hydrogens is 513 g/mol. The first-order chi connectivity index (χ1) is 15.2. The van der Waals surface area contributed by atoms with E-state index in [0.29, 0.717) is 25.7 Å². The van der Waals surface area contributed by atoms with E-state index >= 15 is 0 Å². The van der Waals surface area contributed by atoms with Crippen LogP contribution in [0.2, 0.25) is 0 Å². The Morgan fingerprint density at radius 1 is 1.03 bits per heavy atom. The number of nitrogens with one attached hydrogen (secondary N) is 2. The van der Waals surface area contributed by atoms with E-state index < -0.39 is 0 Å². The van der Waals surface area contributed by atoms with Crippen LogP contribution in [0.1, 0.15) is 30.5 Å². The highest BCUT2D eigenvalue weighted by Gasteiger charge is 2.05. The number of guanidine groups is 1. The van der Waals surface area contributed by atoms with Gasteiger partial charge in [-0.1, -0.05) is 61.5 Å². The molecule has 0 bridgehead atoms. The van der Waals surface area contributed by atoms with Crippen LogP contribution in [0.3, 0.4) is 0 Å². The number of aromatic nitrogens is 2. The van der Waals surface area contributed by atoms with Crippen molar-refractivity contribution in [3.63, 3.8) is 0 Å². The number of hydrogen-bond donors (Lipinski definition) is 2. The quantitative estimate of drug-likeness (QED) is 0.212. The minimum absolute atomic E-state index is 0. The Kier molecular flexibility index (Phi) is 11.8. The average Bonchev–Trinajstić information content (AvgIpc) is 3.30. The van der Waals surface area contributed by atoms with Crippen LogP contribution >= 0.6 is 24.0 Å². The van der Waals surface area contributed by atoms with Crippen molar-refractivity contribution >= 4 is 29.9 Å². The first-order valence-corrected chi connectivity index (χ1v) is 10.9. The zero-order valence-corrected chi connectivity index (χ0v) is 21.2. The van der Waals surface area contributed by atoms with Crippen LogP contribution in [-0.4, -0.2) is 35.2 Å². The number of benzene rings is 2. The topological polar surface area (TPSA) is 63.5 Å². The molecule has 0 spiro atoms. The van der Waals surface area contributed by atoms with Gasteiger partial charge >= 0.3 is 0 Å². The molecule has 1 heterocycles. The molecule has 0 amide bonds. The maximum absolute atomic E-state index is 5.85. The molecule has 6 nitrogen and oxygen atoms in total. The van der Waals surface area contributed by atoms with E-state index in [9.17, 15) is 0 Å². The third-order valence-electron chi connectivity index (χ3n) is 4.84. The standard InChI is InChI=1S/C25H33N5O.HI/c1-3-27-25(28-15-21(2)18-31-19-24-7-5-4-6-8-24)29-16-22-9-11-23(12-10-22)17-30-14-13-26-20-30;/h4-14,20-21H,3,15-19H2,1-2H3,(H2,27,28,29);1H. The van der Waals surface area contributed by atoms with Crippen molar-refractivity contribution in [3.05, 3.63) is 90.0 Å². The molecule has 172 valence electrons. The summed E-state index contributed by atoms with van der Waals surface area (Å²) in [5.41, 5.74) is 3.64. The highest BCUT2D eigenvalue weighted by molar-refractivity contribution is 14.0. The smallest absolute Gasteiger partial charge is 0.191 e. The minimum atomic E-state index is 0. The van der Waals surface area contributed by atoms with Crippen molar-refractivity contribution in [1.82, 2.24) is 20.2 Å². The first kappa shape index (κ1) is 25.9. The van der Waals surface area contributed by atoms with Crippen molar-refractivity contribution in [1.29, 1.82) is 0 Å². The number of ether oxygens (including phenoxy) is 1. The van der Waals surface area contributed by atoms with E-state index in [-0.39, 0.29) is 24.0 Å². The van der Waals surface area contributed by atoms with Crippen LogP contribution in [-0.2, 0) is 24.4 Å². The van der Waals surface area contributed by atoms with Gasteiger partial charge in [0.2, 0.25) is 0 Å². The Labute approximate surface area is 208 Å². The summed E-state index contributed by atoms with van der Waals surface area (Å²) in [7, 11) is 0. The number of nitrogens with zero attached hydrogens (tertiary/aromatic N) is 3. The Bertz CT molecular complexity index is 898. The lowest BCUT2D eigenvalue weighted by Crippen LogP contribution is -2.40. The minimum Gasteiger partial charge on any atom is -0.376 e. The number of rotatable bonds is 11. The fourth-order valence-corrected chi connectivity index (χ4v) is 3.14. The average molecular weight is 547 g/mol. The molecule has 0 saturated carbocycles. The van der Waals surface area contributed by atoms with Gasteiger partial charge in [0.1, 0.15) is 0 Å². The van der Waals surface area contributed by atoms with E-state index in [4.69, 9.17) is 9.73 Å². The SMILES string of the molecule is CCNC(=NCc1ccc(Cn2ccnc2)cc1)NCC(C)COCc1ccccc1.I. The predicted molar refractivity (Wildman–Crippen MR) is 141 cm³/mol. The molecule has 32 heavy (non-hydrogen) atoms.